The molecule has 1 heterocycles. The molecule has 1 aromatic carbocycles. The van der Waals surface area contributed by atoms with Crippen LogP contribution in [0.5, 0.6) is 0 Å². The first-order valence-electron chi connectivity index (χ1n) is 7.85. The third kappa shape index (κ3) is 3.53. The molecule has 1 saturated heterocycles. The van der Waals surface area contributed by atoms with Crippen LogP contribution in [0.25, 0.3) is 0 Å². The second-order valence-electron chi connectivity index (χ2n) is 6.50. The fourth-order valence-corrected chi connectivity index (χ4v) is 3.16. The predicted octanol–water partition coefficient (Wildman–Crippen LogP) is 2.67. The summed E-state index contributed by atoms with van der Waals surface area (Å²) in [7, 11) is 2.20. The van der Waals surface area contributed by atoms with Crippen LogP contribution in [0.15, 0.2) is 30.3 Å². The Kier molecular flexibility index (Phi) is 4.27. The van der Waals surface area contributed by atoms with Gasteiger partial charge in [0.2, 0.25) is 0 Å². The lowest BCUT2D eigenvalue weighted by atomic mass is 9.81. The van der Waals surface area contributed by atoms with Gasteiger partial charge in [-0.3, -0.25) is 0 Å². The van der Waals surface area contributed by atoms with Crippen LogP contribution in [-0.2, 0) is 4.74 Å². The Morgan fingerprint density at radius 1 is 1.30 bits per heavy atom. The lowest BCUT2D eigenvalue weighted by Gasteiger charge is -2.40. The number of hydrogen-bond donors (Lipinski definition) is 1. The van der Waals surface area contributed by atoms with Gasteiger partial charge in [-0.1, -0.05) is 18.2 Å². The van der Waals surface area contributed by atoms with E-state index < -0.39 is 0 Å². The van der Waals surface area contributed by atoms with Crippen molar-refractivity contribution in [2.24, 2.45) is 5.41 Å². The van der Waals surface area contributed by atoms with Crippen LogP contribution >= 0.6 is 0 Å². The van der Waals surface area contributed by atoms with Crippen molar-refractivity contribution in [3.8, 4) is 0 Å². The van der Waals surface area contributed by atoms with Gasteiger partial charge in [0, 0.05) is 43.9 Å². The first-order valence-corrected chi connectivity index (χ1v) is 7.85. The van der Waals surface area contributed by atoms with E-state index >= 15 is 0 Å². The Bertz CT molecular complexity index is 410. The zero-order valence-electron chi connectivity index (χ0n) is 12.5. The van der Waals surface area contributed by atoms with E-state index in [0.717, 1.165) is 32.3 Å². The molecule has 20 heavy (non-hydrogen) atoms. The number of para-hydroxylation sites is 1. The highest BCUT2D eigenvalue weighted by Crippen LogP contribution is 2.32. The number of nitrogens with one attached hydrogen (secondary N) is 1. The molecule has 2 fully saturated rings. The van der Waals surface area contributed by atoms with E-state index in [1.54, 1.807) is 0 Å². The van der Waals surface area contributed by atoms with Crippen LogP contribution in [0.4, 0.5) is 5.69 Å². The van der Waals surface area contributed by atoms with Crippen LogP contribution in [0, 0.1) is 5.41 Å². The maximum absolute atomic E-state index is 5.81. The largest absolute Gasteiger partial charge is 0.381 e. The number of ether oxygens (including phenoxy) is 1. The topological polar surface area (TPSA) is 24.5 Å². The number of hydrogen-bond acceptors (Lipinski definition) is 3. The van der Waals surface area contributed by atoms with E-state index in [4.69, 9.17) is 4.74 Å². The number of rotatable bonds is 6. The quantitative estimate of drug-likeness (QED) is 0.863. The molecule has 0 amide bonds. The molecule has 0 radical (unpaired) electrons. The Labute approximate surface area is 122 Å². The SMILES string of the molecule is CN(CC1(CNC2CC2)CCCOC1)c1ccccc1. The summed E-state index contributed by atoms with van der Waals surface area (Å²) in [4.78, 5) is 2.38. The summed E-state index contributed by atoms with van der Waals surface area (Å²) >= 11 is 0. The van der Waals surface area contributed by atoms with Gasteiger partial charge in [0.25, 0.3) is 0 Å². The minimum atomic E-state index is 0.269. The van der Waals surface area contributed by atoms with E-state index in [-0.39, 0.29) is 5.41 Å². The minimum Gasteiger partial charge on any atom is -0.381 e. The third-order valence-corrected chi connectivity index (χ3v) is 4.52. The van der Waals surface area contributed by atoms with Crippen molar-refractivity contribution < 1.29 is 4.74 Å². The summed E-state index contributed by atoms with van der Waals surface area (Å²) in [5.74, 6) is 0. The van der Waals surface area contributed by atoms with Gasteiger partial charge < -0.3 is 15.0 Å². The van der Waals surface area contributed by atoms with Crippen molar-refractivity contribution in [1.29, 1.82) is 0 Å². The number of nitrogens with zero attached hydrogens (tertiary/aromatic N) is 1. The smallest absolute Gasteiger partial charge is 0.0551 e. The second-order valence-corrected chi connectivity index (χ2v) is 6.50. The van der Waals surface area contributed by atoms with Gasteiger partial charge in [0.15, 0.2) is 0 Å². The zero-order valence-corrected chi connectivity index (χ0v) is 12.5. The monoisotopic (exact) mass is 274 g/mol. The Morgan fingerprint density at radius 3 is 2.75 bits per heavy atom. The minimum absolute atomic E-state index is 0.269. The van der Waals surface area contributed by atoms with Crippen molar-refractivity contribution in [2.75, 3.05) is 38.3 Å². The van der Waals surface area contributed by atoms with Crippen LogP contribution in [0.3, 0.4) is 0 Å². The van der Waals surface area contributed by atoms with Crippen LogP contribution < -0.4 is 10.2 Å². The Hall–Kier alpha value is -1.06. The predicted molar refractivity (Wildman–Crippen MR) is 83.2 cm³/mol. The molecule has 2 aliphatic rings. The maximum atomic E-state index is 5.81. The normalized spacial score (nSPS) is 26.4. The molecule has 3 rings (SSSR count). The van der Waals surface area contributed by atoms with Crippen LogP contribution in [0.2, 0.25) is 0 Å². The van der Waals surface area contributed by atoms with Gasteiger partial charge in [-0.15, -0.1) is 0 Å². The highest BCUT2D eigenvalue weighted by molar-refractivity contribution is 5.45. The summed E-state index contributed by atoms with van der Waals surface area (Å²) in [6, 6.07) is 11.4. The van der Waals surface area contributed by atoms with Gasteiger partial charge in [-0.25, -0.2) is 0 Å². The summed E-state index contributed by atoms with van der Waals surface area (Å²) in [5, 5.41) is 3.72. The molecule has 1 aliphatic carbocycles. The molecular weight excluding hydrogens is 248 g/mol. The maximum Gasteiger partial charge on any atom is 0.0551 e. The molecule has 0 aromatic heterocycles. The van der Waals surface area contributed by atoms with Gasteiger partial charge in [0.05, 0.1) is 6.61 Å². The van der Waals surface area contributed by atoms with E-state index in [1.807, 2.05) is 0 Å². The lowest BCUT2D eigenvalue weighted by molar-refractivity contribution is -0.00292. The molecule has 1 unspecified atom stereocenters. The molecule has 110 valence electrons. The van der Waals surface area contributed by atoms with Gasteiger partial charge in [-0.05, 0) is 37.8 Å². The van der Waals surface area contributed by atoms with Gasteiger partial charge in [-0.2, -0.15) is 0 Å². The molecule has 1 saturated carbocycles. The van der Waals surface area contributed by atoms with E-state index in [2.05, 4.69) is 47.6 Å². The number of anilines is 1. The molecule has 1 N–H and O–H groups in total. The summed E-state index contributed by atoms with van der Waals surface area (Å²) in [5.41, 5.74) is 1.56. The Morgan fingerprint density at radius 2 is 2.10 bits per heavy atom. The first-order chi connectivity index (χ1) is 9.77. The summed E-state index contributed by atoms with van der Waals surface area (Å²) in [6.45, 7) is 3.98. The summed E-state index contributed by atoms with van der Waals surface area (Å²) in [6.07, 6.45) is 5.16. The van der Waals surface area contributed by atoms with Crippen molar-refractivity contribution >= 4 is 5.69 Å². The Balaban J connectivity index is 1.65. The molecule has 1 aromatic rings. The fourth-order valence-electron chi connectivity index (χ4n) is 3.16. The molecule has 1 atom stereocenters. The second kappa shape index (κ2) is 6.15. The van der Waals surface area contributed by atoms with Crippen molar-refractivity contribution in [1.82, 2.24) is 5.32 Å². The zero-order chi connectivity index (χ0) is 13.8. The van der Waals surface area contributed by atoms with Crippen molar-refractivity contribution in [3.63, 3.8) is 0 Å². The van der Waals surface area contributed by atoms with Gasteiger partial charge in [0.1, 0.15) is 0 Å². The van der Waals surface area contributed by atoms with E-state index in [9.17, 15) is 0 Å². The van der Waals surface area contributed by atoms with E-state index in [0.29, 0.717) is 0 Å². The molecule has 0 spiro atoms. The average molecular weight is 274 g/mol. The highest BCUT2D eigenvalue weighted by Gasteiger charge is 2.36. The molecule has 3 heteroatoms. The van der Waals surface area contributed by atoms with Crippen LogP contribution in [0.1, 0.15) is 25.7 Å². The fraction of sp³-hybridized carbons (Fsp3) is 0.647. The molecule has 1 aliphatic heterocycles. The molecule has 0 bridgehead atoms. The molecular formula is C17H26N2O. The van der Waals surface area contributed by atoms with Crippen molar-refractivity contribution in [2.45, 2.75) is 31.7 Å². The third-order valence-electron chi connectivity index (χ3n) is 4.52. The average Bonchev–Trinajstić information content (AvgIpc) is 3.31. The first kappa shape index (κ1) is 13.9. The van der Waals surface area contributed by atoms with Gasteiger partial charge >= 0.3 is 0 Å². The highest BCUT2D eigenvalue weighted by atomic mass is 16.5. The standard InChI is InChI=1S/C17H26N2O/c1-19(16-6-3-2-4-7-16)13-17(10-5-11-20-14-17)12-18-15-8-9-15/h2-4,6-7,15,18H,5,8-14H2,1H3. The lowest BCUT2D eigenvalue weighted by Crippen LogP contribution is -2.48. The number of benzene rings is 1. The van der Waals surface area contributed by atoms with Crippen molar-refractivity contribution in [3.05, 3.63) is 30.3 Å². The summed E-state index contributed by atoms with van der Waals surface area (Å²) < 4.78 is 5.81. The van der Waals surface area contributed by atoms with E-state index in [1.165, 1.54) is 31.4 Å². The molecule has 3 nitrogen and oxygen atoms in total. The van der Waals surface area contributed by atoms with Crippen LogP contribution in [-0.4, -0.2) is 39.4 Å².